The van der Waals surface area contributed by atoms with Gasteiger partial charge in [-0.15, -0.1) is 0 Å². The zero-order valence-electron chi connectivity index (χ0n) is 15.6. The molecule has 3 heterocycles. The van der Waals surface area contributed by atoms with Crippen LogP contribution in [-0.4, -0.2) is 33.2 Å². The van der Waals surface area contributed by atoms with Crippen LogP contribution in [0.25, 0.3) is 5.65 Å². The van der Waals surface area contributed by atoms with Gasteiger partial charge in [-0.25, -0.2) is 23.1 Å². The van der Waals surface area contributed by atoms with Crippen LogP contribution < -0.4 is 15.5 Å². The Morgan fingerprint density at radius 3 is 2.86 bits per heavy atom. The number of rotatable bonds is 4. The van der Waals surface area contributed by atoms with Crippen LogP contribution in [0.5, 0.6) is 0 Å². The summed E-state index contributed by atoms with van der Waals surface area (Å²) in [5, 5.41) is 9.87. The molecule has 3 aromatic rings. The molecule has 2 amide bonds. The summed E-state index contributed by atoms with van der Waals surface area (Å²) in [7, 11) is 0. The molecule has 2 aliphatic rings. The molecule has 0 spiro atoms. The summed E-state index contributed by atoms with van der Waals surface area (Å²) >= 11 is 0. The van der Waals surface area contributed by atoms with Gasteiger partial charge >= 0.3 is 6.03 Å². The molecule has 2 N–H and O–H groups in total. The van der Waals surface area contributed by atoms with E-state index in [0.717, 1.165) is 31.4 Å². The highest BCUT2D eigenvalue weighted by atomic mass is 19.1. The Balaban J connectivity index is 1.45. The van der Waals surface area contributed by atoms with Crippen molar-refractivity contribution in [2.45, 2.75) is 37.8 Å². The predicted molar refractivity (Wildman–Crippen MR) is 104 cm³/mol. The number of fused-ring (bicyclic) bond motifs is 1. The summed E-state index contributed by atoms with van der Waals surface area (Å²) in [6, 6.07) is 5.00. The van der Waals surface area contributed by atoms with Crippen LogP contribution in [0, 0.1) is 11.6 Å². The number of nitrogens with one attached hydrogen (secondary N) is 2. The molecule has 2 aromatic heterocycles. The molecule has 0 bridgehead atoms. The fourth-order valence-electron chi connectivity index (χ4n) is 3.81. The third kappa shape index (κ3) is 3.48. The lowest BCUT2D eigenvalue weighted by atomic mass is 10.0. The Kier molecular flexibility index (Phi) is 4.30. The molecular weight excluding hydrogens is 378 g/mol. The molecule has 29 heavy (non-hydrogen) atoms. The number of anilines is 2. The molecule has 1 atom stereocenters. The largest absolute Gasteiger partial charge is 0.349 e. The number of carbonyl (C=O) groups excluding carboxylic acids is 1. The summed E-state index contributed by atoms with van der Waals surface area (Å²) in [6.07, 6.45) is 6.85. The predicted octanol–water partition coefficient (Wildman–Crippen LogP) is 3.63. The molecule has 1 aliphatic carbocycles. The van der Waals surface area contributed by atoms with E-state index in [0.29, 0.717) is 35.7 Å². The third-order valence-corrected chi connectivity index (χ3v) is 5.38. The molecule has 0 radical (unpaired) electrons. The maximum absolute atomic E-state index is 14.3. The third-order valence-electron chi connectivity index (χ3n) is 5.38. The zero-order valence-corrected chi connectivity index (χ0v) is 15.6. The molecule has 5 rings (SSSR count). The summed E-state index contributed by atoms with van der Waals surface area (Å²) in [6.45, 7) is 0.683. The van der Waals surface area contributed by atoms with E-state index in [9.17, 15) is 13.6 Å². The Morgan fingerprint density at radius 1 is 1.17 bits per heavy atom. The minimum atomic E-state index is -0.458. The Bertz CT molecular complexity index is 1080. The molecule has 1 aromatic carbocycles. The van der Waals surface area contributed by atoms with Crippen LogP contribution in [0.3, 0.4) is 0 Å². The van der Waals surface area contributed by atoms with Crippen molar-refractivity contribution in [3.05, 3.63) is 53.9 Å². The molecule has 1 aliphatic heterocycles. The molecular formula is C20H20F2N6O. The van der Waals surface area contributed by atoms with Crippen LogP contribution in [-0.2, 0) is 0 Å². The van der Waals surface area contributed by atoms with E-state index in [1.54, 1.807) is 23.0 Å². The van der Waals surface area contributed by atoms with Gasteiger partial charge in [0.2, 0.25) is 0 Å². The van der Waals surface area contributed by atoms with Gasteiger partial charge in [0.25, 0.3) is 0 Å². The van der Waals surface area contributed by atoms with Gasteiger partial charge in [-0.2, -0.15) is 5.10 Å². The van der Waals surface area contributed by atoms with Crippen molar-refractivity contribution in [3.63, 3.8) is 0 Å². The van der Waals surface area contributed by atoms with Crippen molar-refractivity contribution in [2.75, 3.05) is 16.8 Å². The molecule has 2 fully saturated rings. The number of carbonyl (C=O) groups is 1. The first-order valence-electron chi connectivity index (χ1n) is 9.72. The fraction of sp³-hybridized carbons (Fsp3) is 0.350. The van der Waals surface area contributed by atoms with Gasteiger partial charge in [0.15, 0.2) is 5.65 Å². The molecule has 1 saturated carbocycles. The van der Waals surface area contributed by atoms with Gasteiger partial charge in [0.05, 0.1) is 12.2 Å². The molecule has 150 valence electrons. The van der Waals surface area contributed by atoms with E-state index in [1.807, 2.05) is 4.90 Å². The van der Waals surface area contributed by atoms with Crippen molar-refractivity contribution in [1.82, 2.24) is 19.9 Å². The molecule has 9 heteroatoms. The van der Waals surface area contributed by atoms with Gasteiger partial charge in [-0.05, 0) is 49.9 Å². The van der Waals surface area contributed by atoms with Gasteiger partial charge in [-0.3, -0.25) is 0 Å². The second kappa shape index (κ2) is 6.98. The minimum absolute atomic E-state index is 0.242. The van der Waals surface area contributed by atoms with Crippen molar-refractivity contribution >= 4 is 23.2 Å². The van der Waals surface area contributed by atoms with E-state index >= 15 is 0 Å². The van der Waals surface area contributed by atoms with Gasteiger partial charge in [-0.1, -0.05) is 0 Å². The van der Waals surface area contributed by atoms with Crippen molar-refractivity contribution in [1.29, 1.82) is 0 Å². The Hall–Kier alpha value is -3.23. The highest BCUT2D eigenvalue weighted by Crippen LogP contribution is 2.37. The summed E-state index contributed by atoms with van der Waals surface area (Å²) in [4.78, 5) is 18.7. The molecule has 1 saturated heterocycles. The van der Waals surface area contributed by atoms with Crippen molar-refractivity contribution in [3.8, 4) is 0 Å². The number of hydrogen-bond acceptors (Lipinski definition) is 4. The van der Waals surface area contributed by atoms with Crippen LogP contribution in [0.4, 0.5) is 25.1 Å². The summed E-state index contributed by atoms with van der Waals surface area (Å²) in [5.41, 5.74) is 1.33. The van der Waals surface area contributed by atoms with Crippen LogP contribution in [0.15, 0.2) is 36.7 Å². The standard InChI is InChI=1S/C20H20F2N6O/c21-12-3-6-15(22)14(10-12)17-2-1-8-27(17)18-7-9-28-19(26-18)16(11-23-28)25-20(29)24-13-4-5-13/h3,6-7,9-11,13,17H,1-2,4-5,8H2,(H2,24,25,29)/t17-/m1/s1. The number of urea groups is 1. The first-order valence-corrected chi connectivity index (χ1v) is 9.72. The van der Waals surface area contributed by atoms with E-state index in [1.165, 1.54) is 6.07 Å². The topological polar surface area (TPSA) is 74.6 Å². The summed E-state index contributed by atoms with van der Waals surface area (Å²) < 4.78 is 29.6. The number of hydrogen-bond donors (Lipinski definition) is 2. The van der Waals surface area contributed by atoms with E-state index < -0.39 is 11.6 Å². The van der Waals surface area contributed by atoms with E-state index in [4.69, 9.17) is 0 Å². The molecule has 7 nitrogen and oxygen atoms in total. The van der Waals surface area contributed by atoms with Crippen molar-refractivity contribution < 1.29 is 13.6 Å². The minimum Gasteiger partial charge on any atom is -0.349 e. The van der Waals surface area contributed by atoms with E-state index in [2.05, 4.69) is 20.7 Å². The van der Waals surface area contributed by atoms with Crippen LogP contribution >= 0.6 is 0 Å². The monoisotopic (exact) mass is 398 g/mol. The Morgan fingerprint density at radius 2 is 2.03 bits per heavy atom. The lowest BCUT2D eigenvalue weighted by Gasteiger charge is -2.26. The maximum atomic E-state index is 14.3. The second-order valence-corrected chi connectivity index (χ2v) is 7.50. The van der Waals surface area contributed by atoms with E-state index in [-0.39, 0.29) is 18.1 Å². The average Bonchev–Trinajstić information content (AvgIpc) is 3.24. The highest BCUT2D eigenvalue weighted by Gasteiger charge is 2.30. The quantitative estimate of drug-likeness (QED) is 0.704. The van der Waals surface area contributed by atoms with Gasteiger partial charge < -0.3 is 15.5 Å². The average molecular weight is 398 g/mol. The van der Waals surface area contributed by atoms with Crippen LogP contribution in [0.2, 0.25) is 0 Å². The number of nitrogens with zero attached hydrogens (tertiary/aromatic N) is 4. The van der Waals surface area contributed by atoms with Crippen molar-refractivity contribution in [2.24, 2.45) is 0 Å². The lowest BCUT2D eigenvalue weighted by Crippen LogP contribution is -2.30. The van der Waals surface area contributed by atoms with Crippen LogP contribution in [0.1, 0.15) is 37.3 Å². The zero-order chi connectivity index (χ0) is 20.0. The SMILES string of the molecule is O=C(Nc1cnn2ccc(N3CCC[C@@H]3c3cc(F)ccc3F)nc12)NC1CC1. The van der Waals surface area contributed by atoms with Gasteiger partial charge in [0.1, 0.15) is 23.1 Å². The number of benzene rings is 1. The first-order chi connectivity index (χ1) is 14.1. The summed E-state index contributed by atoms with van der Waals surface area (Å²) in [5.74, 6) is -0.247. The fourth-order valence-corrected chi connectivity index (χ4v) is 3.81. The Labute approximate surface area is 165 Å². The normalized spacial score (nSPS) is 19.0. The highest BCUT2D eigenvalue weighted by molar-refractivity contribution is 5.93. The smallest absolute Gasteiger partial charge is 0.319 e. The maximum Gasteiger partial charge on any atom is 0.319 e. The second-order valence-electron chi connectivity index (χ2n) is 7.50. The number of halogens is 2. The lowest BCUT2D eigenvalue weighted by molar-refractivity contribution is 0.251. The first kappa shape index (κ1) is 17.8. The molecule has 0 unspecified atom stereocenters. The number of aromatic nitrogens is 3. The van der Waals surface area contributed by atoms with Gasteiger partial charge in [0, 0.05) is 24.3 Å². The number of amides is 2.